The molecule has 1 N–H and O–H groups in total. The number of ether oxygens (including phenoxy) is 3. The Morgan fingerprint density at radius 2 is 2.00 bits per heavy atom. The van der Waals surface area contributed by atoms with Crippen molar-refractivity contribution in [1.29, 1.82) is 0 Å². The van der Waals surface area contributed by atoms with Gasteiger partial charge in [0, 0.05) is 25.2 Å². The average molecular weight is 378 g/mol. The molecule has 0 unspecified atom stereocenters. The molecule has 1 aliphatic heterocycles. The van der Waals surface area contributed by atoms with Crippen molar-refractivity contribution in [2.45, 2.75) is 32.5 Å². The van der Waals surface area contributed by atoms with E-state index in [1.165, 1.54) is 0 Å². The van der Waals surface area contributed by atoms with E-state index in [4.69, 9.17) is 14.2 Å². The molecule has 2 rings (SSSR count). The first-order valence-electron chi connectivity index (χ1n) is 8.81. The molecule has 1 aromatic rings. The van der Waals surface area contributed by atoms with E-state index < -0.39 is 11.7 Å². The number of benzene rings is 1. The van der Waals surface area contributed by atoms with Gasteiger partial charge in [0.2, 0.25) is 0 Å². The van der Waals surface area contributed by atoms with Crippen LogP contribution in [-0.2, 0) is 14.3 Å². The standard InChI is InChI=1S/C19H26N2O6/c1-19(2,3)27-18(24)20-10-16-11-21(8-9-25-16)17(23)13-26-15-6-4-14(12-22)5-7-15/h4-7,12,16H,8-11,13H2,1-3H3,(H,20,24)/t16-/m0/s1. The Kier molecular flexibility index (Phi) is 7.18. The number of nitrogens with one attached hydrogen (secondary N) is 1. The van der Waals surface area contributed by atoms with E-state index in [2.05, 4.69) is 5.32 Å². The summed E-state index contributed by atoms with van der Waals surface area (Å²) in [5.41, 5.74) is -0.0250. The van der Waals surface area contributed by atoms with Crippen molar-refractivity contribution in [1.82, 2.24) is 10.2 Å². The molecule has 1 aliphatic rings. The number of rotatable bonds is 6. The molecule has 0 spiro atoms. The largest absolute Gasteiger partial charge is 0.484 e. The van der Waals surface area contributed by atoms with E-state index in [1.807, 2.05) is 0 Å². The summed E-state index contributed by atoms with van der Waals surface area (Å²) in [4.78, 5) is 36.3. The summed E-state index contributed by atoms with van der Waals surface area (Å²) in [6.45, 7) is 6.74. The molecule has 0 saturated carbocycles. The third kappa shape index (κ3) is 7.26. The Balaban J connectivity index is 1.76. The van der Waals surface area contributed by atoms with Crippen LogP contribution in [0.1, 0.15) is 31.1 Å². The molecule has 27 heavy (non-hydrogen) atoms. The van der Waals surface area contributed by atoms with E-state index in [-0.39, 0.29) is 25.2 Å². The number of carbonyl (C=O) groups is 3. The van der Waals surface area contributed by atoms with Crippen molar-refractivity contribution < 1.29 is 28.6 Å². The Hall–Kier alpha value is -2.61. The molecule has 1 fully saturated rings. The normalized spacial score (nSPS) is 17.1. The van der Waals surface area contributed by atoms with Crippen molar-refractivity contribution in [3.63, 3.8) is 0 Å². The maximum Gasteiger partial charge on any atom is 0.407 e. The van der Waals surface area contributed by atoms with Crippen LogP contribution in [0.25, 0.3) is 0 Å². The molecule has 0 aliphatic carbocycles. The van der Waals surface area contributed by atoms with Crippen LogP contribution in [0.5, 0.6) is 5.75 Å². The molecule has 2 amide bonds. The topological polar surface area (TPSA) is 94.2 Å². The molecule has 8 heteroatoms. The molecular weight excluding hydrogens is 352 g/mol. The van der Waals surface area contributed by atoms with Gasteiger partial charge in [-0.3, -0.25) is 9.59 Å². The number of hydrogen-bond acceptors (Lipinski definition) is 6. The van der Waals surface area contributed by atoms with Gasteiger partial charge in [0.15, 0.2) is 6.61 Å². The molecular formula is C19H26N2O6. The lowest BCUT2D eigenvalue weighted by Gasteiger charge is -2.33. The summed E-state index contributed by atoms with van der Waals surface area (Å²) >= 11 is 0. The van der Waals surface area contributed by atoms with Crippen LogP contribution in [0.15, 0.2) is 24.3 Å². The number of alkyl carbamates (subject to hydrolysis) is 1. The fraction of sp³-hybridized carbons (Fsp3) is 0.526. The third-order valence-corrected chi connectivity index (χ3v) is 3.74. The summed E-state index contributed by atoms with van der Waals surface area (Å²) in [6.07, 6.45) is -0.0764. The van der Waals surface area contributed by atoms with Crippen LogP contribution >= 0.6 is 0 Å². The van der Waals surface area contributed by atoms with Gasteiger partial charge in [-0.25, -0.2) is 4.79 Å². The van der Waals surface area contributed by atoms with Crippen LogP contribution in [0.4, 0.5) is 4.79 Å². The summed E-state index contributed by atoms with van der Waals surface area (Å²) in [7, 11) is 0. The van der Waals surface area contributed by atoms with Crippen LogP contribution in [0.2, 0.25) is 0 Å². The van der Waals surface area contributed by atoms with E-state index in [1.54, 1.807) is 49.9 Å². The number of morpholine rings is 1. The second-order valence-corrected chi connectivity index (χ2v) is 7.19. The molecule has 1 atom stereocenters. The zero-order chi connectivity index (χ0) is 19.9. The smallest absolute Gasteiger partial charge is 0.407 e. The monoisotopic (exact) mass is 378 g/mol. The first-order chi connectivity index (χ1) is 12.8. The zero-order valence-electron chi connectivity index (χ0n) is 15.9. The van der Waals surface area contributed by atoms with Crippen LogP contribution < -0.4 is 10.1 Å². The highest BCUT2D eigenvalue weighted by Crippen LogP contribution is 2.12. The van der Waals surface area contributed by atoms with Gasteiger partial charge < -0.3 is 24.4 Å². The first-order valence-corrected chi connectivity index (χ1v) is 8.81. The maximum atomic E-state index is 12.3. The highest BCUT2D eigenvalue weighted by atomic mass is 16.6. The second-order valence-electron chi connectivity index (χ2n) is 7.19. The molecule has 1 aromatic carbocycles. The minimum atomic E-state index is -0.569. The fourth-order valence-corrected chi connectivity index (χ4v) is 2.46. The number of hydrogen-bond donors (Lipinski definition) is 1. The Labute approximate surface area is 158 Å². The molecule has 0 aromatic heterocycles. The van der Waals surface area contributed by atoms with Gasteiger partial charge in [-0.2, -0.15) is 0 Å². The molecule has 8 nitrogen and oxygen atoms in total. The van der Waals surface area contributed by atoms with E-state index in [0.717, 1.165) is 6.29 Å². The molecule has 1 heterocycles. The van der Waals surface area contributed by atoms with Crippen LogP contribution in [0.3, 0.4) is 0 Å². The van der Waals surface area contributed by atoms with Crippen molar-refractivity contribution in [3.05, 3.63) is 29.8 Å². The number of amides is 2. The summed E-state index contributed by atoms with van der Waals surface area (Å²) < 4.78 is 16.2. The lowest BCUT2D eigenvalue weighted by molar-refractivity contribution is -0.140. The predicted octanol–water partition coefficient (Wildman–Crippen LogP) is 1.63. The summed E-state index contributed by atoms with van der Waals surface area (Å²) in [5, 5.41) is 2.65. The summed E-state index contributed by atoms with van der Waals surface area (Å²) in [6, 6.07) is 6.54. The van der Waals surface area contributed by atoms with Gasteiger partial charge in [-0.05, 0) is 45.0 Å². The highest BCUT2D eigenvalue weighted by Gasteiger charge is 2.25. The molecule has 0 radical (unpaired) electrons. The Bertz CT molecular complexity index is 653. The maximum absolute atomic E-state index is 12.3. The Morgan fingerprint density at radius 1 is 1.30 bits per heavy atom. The third-order valence-electron chi connectivity index (χ3n) is 3.74. The van der Waals surface area contributed by atoms with Crippen molar-refractivity contribution in [2.24, 2.45) is 0 Å². The SMILES string of the molecule is CC(C)(C)OC(=O)NC[C@H]1CN(C(=O)COc2ccc(C=O)cc2)CCO1. The van der Waals surface area contributed by atoms with Crippen LogP contribution in [-0.4, -0.2) is 67.7 Å². The average Bonchev–Trinajstić information content (AvgIpc) is 2.63. The highest BCUT2D eigenvalue weighted by molar-refractivity contribution is 5.78. The lowest BCUT2D eigenvalue weighted by Crippen LogP contribution is -2.51. The van der Waals surface area contributed by atoms with Crippen molar-refractivity contribution >= 4 is 18.3 Å². The van der Waals surface area contributed by atoms with Gasteiger partial charge in [0.1, 0.15) is 17.6 Å². The number of nitrogens with zero attached hydrogens (tertiary/aromatic N) is 1. The number of aldehydes is 1. The van der Waals surface area contributed by atoms with Crippen LogP contribution in [0, 0.1) is 0 Å². The van der Waals surface area contributed by atoms with Gasteiger partial charge in [-0.1, -0.05) is 0 Å². The molecule has 0 bridgehead atoms. The number of carbonyl (C=O) groups excluding carboxylic acids is 3. The minimum absolute atomic E-state index is 0.105. The van der Waals surface area contributed by atoms with Crippen molar-refractivity contribution in [3.8, 4) is 5.75 Å². The van der Waals surface area contributed by atoms with Gasteiger partial charge in [0.05, 0.1) is 12.7 Å². The minimum Gasteiger partial charge on any atom is -0.484 e. The van der Waals surface area contributed by atoms with Crippen molar-refractivity contribution in [2.75, 3.05) is 32.8 Å². The van der Waals surface area contributed by atoms with Gasteiger partial charge in [-0.15, -0.1) is 0 Å². The fourth-order valence-electron chi connectivity index (χ4n) is 2.46. The van der Waals surface area contributed by atoms with E-state index >= 15 is 0 Å². The molecule has 148 valence electrons. The van der Waals surface area contributed by atoms with Gasteiger partial charge in [0.25, 0.3) is 5.91 Å². The quantitative estimate of drug-likeness (QED) is 0.756. The second kappa shape index (κ2) is 9.36. The Morgan fingerprint density at radius 3 is 2.63 bits per heavy atom. The summed E-state index contributed by atoms with van der Waals surface area (Å²) in [5.74, 6) is 0.352. The zero-order valence-corrected chi connectivity index (χ0v) is 15.9. The molecule has 1 saturated heterocycles. The van der Waals surface area contributed by atoms with Gasteiger partial charge >= 0.3 is 6.09 Å². The lowest BCUT2D eigenvalue weighted by atomic mass is 10.2. The van der Waals surface area contributed by atoms with E-state index in [9.17, 15) is 14.4 Å². The first kappa shape index (κ1) is 20.7. The predicted molar refractivity (Wildman–Crippen MR) is 97.9 cm³/mol. The van der Waals surface area contributed by atoms with E-state index in [0.29, 0.717) is 31.0 Å².